The summed E-state index contributed by atoms with van der Waals surface area (Å²) in [6.45, 7) is 0.451. The lowest BCUT2D eigenvalue weighted by Gasteiger charge is -2.08. The van der Waals surface area contributed by atoms with Crippen LogP contribution in [0.5, 0.6) is 5.88 Å². The van der Waals surface area contributed by atoms with Gasteiger partial charge >= 0.3 is 0 Å². The number of rotatable bonds is 3. The maximum atomic E-state index is 12.7. The second kappa shape index (κ2) is 4.73. The highest BCUT2D eigenvalue weighted by Crippen LogP contribution is 2.12. The standard InChI is InChI=1S/C12H12FNO/c13-11-7-4-8-12(14-11)15-9-10-5-2-1-3-6-10/h2,4-8H,1,3,9H2. The zero-order valence-corrected chi connectivity index (χ0v) is 8.32. The fourth-order valence-corrected chi connectivity index (χ4v) is 1.40. The summed E-state index contributed by atoms with van der Waals surface area (Å²) in [6, 6.07) is 4.53. The van der Waals surface area contributed by atoms with E-state index in [1.54, 1.807) is 12.1 Å². The van der Waals surface area contributed by atoms with Crippen LogP contribution in [0.1, 0.15) is 12.8 Å². The molecule has 1 aromatic rings. The Balaban J connectivity index is 1.93. The van der Waals surface area contributed by atoms with E-state index in [0.717, 1.165) is 18.4 Å². The molecule has 0 amide bonds. The highest BCUT2D eigenvalue weighted by Gasteiger charge is 2.00. The van der Waals surface area contributed by atoms with Gasteiger partial charge in [0, 0.05) is 6.07 Å². The maximum absolute atomic E-state index is 12.7. The molecule has 0 unspecified atom stereocenters. The molecule has 1 aliphatic rings. The molecule has 2 nitrogen and oxygen atoms in total. The first kappa shape index (κ1) is 9.90. The van der Waals surface area contributed by atoms with Crippen LogP contribution in [-0.2, 0) is 0 Å². The van der Waals surface area contributed by atoms with Crippen molar-refractivity contribution in [2.45, 2.75) is 12.8 Å². The van der Waals surface area contributed by atoms with Crippen LogP contribution in [0, 0.1) is 5.95 Å². The number of allylic oxidation sites excluding steroid dienone is 2. The van der Waals surface area contributed by atoms with E-state index in [2.05, 4.69) is 17.1 Å². The summed E-state index contributed by atoms with van der Waals surface area (Å²) in [4.78, 5) is 3.62. The van der Waals surface area contributed by atoms with Gasteiger partial charge in [0.2, 0.25) is 11.8 Å². The minimum absolute atomic E-state index is 0.329. The predicted octanol–water partition coefficient (Wildman–Crippen LogP) is 2.88. The van der Waals surface area contributed by atoms with Crippen molar-refractivity contribution in [2.75, 3.05) is 6.61 Å². The average molecular weight is 205 g/mol. The first-order chi connectivity index (χ1) is 7.34. The molecule has 0 fully saturated rings. The lowest BCUT2D eigenvalue weighted by molar-refractivity contribution is 0.334. The van der Waals surface area contributed by atoms with Crippen molar-refractivity contribution in [1.82, 2.24) is 4.98 Å². The van der Waals surface area contributed by atoms with E-state index in [1.807, 2.05) is 6.08 Å². The van der Waals surface area contributed by atoms with E-state index in [1.165, 1.54) is 6.07 Å². The molecule has 0 spiro atoms. The summed E-state index contributed by atoms with van der Waals surface area (Å²) in [7, 11) is 0. The third-order valence-electron chi connectivity index (χ3n) is 2.15. The van der Waals surface area contributed by atoms with E-state index in [-0.39, 0.29) is 0 Å². The van der Waals surface area contributed by atoms with Crippen molar-refractivity contribution in [3.63, 3.8) is 0 Å². The Kier molecular flexibility index (Phi) is 3.12. The van der Waals surface area contributed by atoms with Crippen LogP contribution < -0.4 is 4.74 Å². The van der Waals surface area contributed by atoms with Crippen molar-refractivity contribution < 1.29 is 9.13 Å². The number of hydrogen-bond donors (Lipinski definition) is 0. The quantitative estimate of drug-likeness (QED) is 0.708. The van der Waals surface area contributed by atoms with E-state index in [4.69, 9.17) is 4.74 Å². The smallest absolute Gasteiger partial charge is 0.216 e. The highest BCUT2D eigenvalue weighted by molar-refractivity contribution is 5.23. The molecule has 0 bridgehead atoms. The Hall–Kier alpha value is -1.64. The monoisotopic (exact) mass is 205 g/mol. The highest BCUT2D eigenvalue weighted by atomic mass is 19.1. The van der Waals surface area contributed by atoms with Crippen LogP contribution in [0.3, 0.4) is 0 Å². The summed E-state index contributed by atoms with van der Waals surface area (Å²) < 4.78 is 18.1. The zero-order valence-electron chi connectivity index (χ0n) is 8.32. The van der Waals surface area contributed by atoms with E-state index in [9.17, 15) is 4.39 Å². The lowest BCUT2D eigenvalue weighted by Crippen LogP contribution is -2.02. The molecule has 0 saturated carbocycles. The van der Waals surface area contributed by atoms with Gasteiger partial charge in [-0.3, -0.25) is 0 Å². The largest absolute Gasteiger partial charge is 0.473 e. The van der Waals surface area contributed by atoms with Gasteiger partial charge in [0.1, 0.15) is 6.61 Å². The first-order valence-electron chi connectivity index (χ1n) is 4.95. The fraction of sp³-hybridized carbons (Fsp3) is 0.250. The number of nitrogens with zero attached hydrogens (tertiary/aromatic N) is 1. The van der Waals surface area contributed by atoms with Crippen molar-refractivity contribution in [3.8, 4) is 5.88 Å². The van der Waals surface area contributed by atoms with E-state index < -0.39 is 5.95 Å². The summed E-state index contributed by atoms with van der Waals surface area (Å²) in [5.74, 6) is -0.185. The molecule has 1 aliphatic carbocycles. The van der Waals surface area contributed by atoms with Crippen LogP contribution in [0.15, 0.2) is 42.0 Å². The number of ether oxygens (including phenoxy) is 1. The topological polar surface area (TPSA) is 22.1 Å². The van der Waals surface area contributed by atoms with Gasteiger partial charge < -0.3 is 4.74 Å². The van der Waals surface area contributed by atoms with Gasteiger partial charge in [0.25, 0.3) is 0 Å². The summed E-state index contributed by atoms with van der Waals surface area (Å²) >= 11 is 0. The maximum Gasteiger partial charge on any atom is 0.216 e. The number of halogens is 1. The minimum atomic E-state index is -0.513. The van der Waals surface area contributed by atoms with Gasteiger partial charge in [0.15, 0.2) is 0 Å². The van der Waals surface area contributed by atoms with Crippen LogP contribution in [0.4, 0.5) is 4.39 Å². The van der Waals surface area contributed by atoms with Crippen LogP contribution in [0.2, 0.25) is 0 Å². The van der Waals surface area contributed by atoms with Gasteiger partial charge in [-0.15, -0.1) is 0 Å². The molecule has 15 heavy (non-hydrogen) atoms. The minimum Gasteiger partial charge on any atom is -0.473 e. The second-order valence-corrected chi connectivity index (χ2v) is 3.35. The third kappa shape index (κ3) is 2.91. The normalized spacial score (nSPS) is 14.9. The van der Waals surface area contributed by atoms with Gasteiger partial charge in [0.05, 0.1) is 0 Å². The Morgan fingerprint density at radius 1 is 1.33 bits per heavy atom. The van der Waals surface area contributed by atoms with Crippen LogP contribution >= 0.6 is 0 Å². The molecule has 0 aromatic carbocycles. The molecule has 3 heteroatoms. The molecule has 1 heterocycles. The fourth-order valence-electron chi connectivity index (χ4n) is 1.40. The first-order valence-corrected chi connectivity index (χ1v) is 4.95. The van der Waals surface area contributed by atoms with Gasteiger partial charge in [-0.2, -0.15) is 9.37 Å². The second-order valence-electron chi connectivity index (χ2n) is 3.35. The molecule has 0 atom stereocenters. The van der Waals surface area contributed by atoms with Crippen LogP contribution in [-0.4, -0.2) is 11.6 Å². The van der Waals surface area contributed by atoms with E-state index in [0.29, 0.717) is 12.5 Å². The van der Waals surface area contributed by atoms with Crippen LogP contribution in [0.25, 0.3) is 0 Å². The van der Waals surface area contributed by atoms with Crippen molar-refractivity contribution in [2.24, 2.45) is 0 Å². The molecule has 0 radical (unpaired) electrons. The van der Waals surface area contributed by atoms with E-state index >= 15 is 0 Å². The summed E-state index contributed by atoms with van der Waals surface area (Å²) in [6.07, 6.45) is 8.40. The Morgan fingerprint density at radius 2 is 2.27 bits per heavy atom. The molecule has 0 N–H and O–H groups in total. The Labute approximate surface area is 88.1 Å². The molecule has 2 rings (SSSR count). The van der Waals surface area contributed by atoms with Crippen molar-refractivity contribution in [3.05, 3.63) is 47.9 Å². The zero-order chi connectivity index (χ0) is 10.5. The molecular formula is C12H12FNO. The average Bonchev–Trinajstić information content (AvgIpc) is 2.28. The molecule has 0 saturated heterocycles. The molecule has 1 aromatic heterocycles. The Bertz CT molecular complexity index is 398. The number of hydrogen-bond acceptors (Lipinski definition) is 2. The SMILES string of the molecule is Fc1cccc(OCC2=CCCC=C2)n1. The number of pyridine rings is 1. The van der Waals surface area contributed by atoms with Gasteiger partial charge in [-0.05, 0) is 24.5 Å². The third-order valence-corrected chi connectivity index (χ3v) is 2.15. The summed E-state index contributed by atoms with van der Waals surface area (Å²) in [5, 5.41) is 0. The molecular weight excluding hydrogens is 193 g/mol. The molecule has 0 aliphatic heterocycles. The predicted molar refractivity (Wildman–Crippen MR) is 56.1 cm³/mol. The summed E-state index contributed by atoms with van der Waals surface area (Å²) in [5.41, 5.74) is 1.12. The molecule has 78 valence electrons. The van der Waals surface area contributed by atoms with Gasteiger partial charge in [-0.1, -0.05) is 24.3 Å². The Morgan fingerprint density at radius 3 is 3.00 bits per heavy atom. The number of aromatic nitrogens is 1. The van der Waals surface area contributed by atoms with Crippen molar-refractivity contribution >= 4 is 0 Å². The van der Waals surface area contributed by atoms with Gasteiger partial charge in [-0.25, -0.2) is 0 Å². The lowest BCUT2D eigenvalue weighted by atomic mass is 10.1. The van der Waals surface area contributed by atoms with Crippen molar-refractivity contribution in [1.29, 1.82) is 0 Å².